The number of fused-ring (bicyclic) bond motifs is 1. The van der Waals surface area contributed by atoms with E-state index in [1.165, 1.54) is 37.6 Å². The maximum absolute atomic E-state index is 12.4. The van der Waals surface area contributed by atoms with Crippen molar-refractivity contribution in [2.24, 2.45) is 21.1 Å². The van der Waals surface area contributed by atoms with Crippen LogP contribution in [0.3, 0.4) is 0 Å². The molecule has 3 rings (SSSR count). The van der Waals surface area contributed by atoms with Gasteiger partial charge in [0.1, 0.15) is 11.5 Å². The molecule has 1 N–H and O–H groups in total. The lowest BCUT2D eigenvalue weighted by atomic mass is 10.2. The van der Waals surface area contributed by atoms with Crippen LogP contribution in [0.5, 0.6) is 11.5 Å². The number of carbonyl (C=O) groups excluding carboxylic acids is 1. The predicted octanol–water partition coefficient (Wildman–Crippen LogP) is 1.76. The Morgan fingerprint density at radius 1 is 1.10 bits per heavy atom. The van der Waals surface area contributed by atoms with E-state index in [2.05, 4.69) is 10.3 Å². The molecule has 2 aromatic heterocycles. The maximum atomic E-state index is 12.4. The van der Waals surface area contributed by atoms with Crippen LogP contribution in [0.4, 0.5) is 5.69 Å². The molecule has 1 amide bonds. The second-order valence-electron chi connectivity index (χ2n) is 6.67. The third kappa shape index (κ3) is 4.28. The molecule has 0 fully saturated rings. The monoisotopic (exact) mass is 467 g/mol. The number of imidazole rings is 1. The fourth-order valence-electron chi connectivity index (χ4n) is 3.09. The highest BCUT2D eigenvalue weighted by molar-refractivity contribution is 7.99. The number of halogens is 1. The molecule has 2 heterocycles. The van der Waals surface area contributed by atoms with Gasteiger partial charge in [-0.15, -0.1) is 0 Å². The molecule has 0 unspecified atom stereocenters. The van der Waals surface area contributed by atoms with Crippen molar-refractivity contribution in [2.45, 2.75) is 11.6 Å². The Kier molecular flexibility index (Phi) is 6.65. The Balaban J connectivity index is 1.73. The Labute approximate surface area is 186 Å². The van der Waals surface area contributed by atoms with Gasteiger partial charge in [0.05, 0.1) is 24.9 Å². The van der Waals surface area contributed by atoms with E-state index in [1.807, 2.05) is 0 Å². The Hall–Kier alpha value is -2.92. The number of aryl methyl sites for hydroxylation is 2. The van der Waals surface area contributed by atoms with E-state index in [9.17, 15) is 14.4 Å². The summed E-state index contributed by atoms with van der Waals surface area (Å²) in [6.45, 7) is 0. The summed E-state index contributed by atoms with van der Waals surface area (Å²) in [5.41, 5.74) is 0.195. The molecule has 0 aliphatic rings. The van der Waals surface area contributed by atoms with Crippen molar-refractivity contribution in [2.75, 3.05) is 25.3 Å². The molecular weight excluding hydrogens is 446 g/mol. The van der Waals surface area contributed by atoms with Crippen LogP contribution in [0, 0.1) is 0 Å². The number of aromatic nitrogens is 4. The molecular formula is C19H22ClN5O5S. The van der Waals surface area contributed by atoms with Gasteiger partial charge in [-0.1, -0.05) is 23.4 Å². The zero-order valence-corrected chi connectivity index (χ0v) is 19.3. The predicted molar refractivity (Wildman–Crippen MR) is 120 cm³/mol. The topological polar surface area (TPSA) is 109 Å². The Morgan fingerprint density at radius 2 is 1.77 bits per heavy atom. The number of benzene rings is 1. The summed E-state index contributed by atoms with van der Waals surface area (Å²) in [7, 11) is 7.68. The van der Waals surface area contributed by atoms with Crippen LogP contribution in [0.2, 0.25) is 5.02 Å². The molecule has 0 saturated carbocycles. The number of hydrogen-bond acceptors (Lipinski definition) is 7. The van der Waals surface area contributed by atoms with Gasteiger partial charge in [0, 0.05) is 45.4 Å². The maximum Gasteiger partial charge on any atom is 0.332 e. The number of rotatable bonds is 7. The van der Waals surface area contributed by atoms with Crippen molar-refractivity contribution in [3.8, 4) is 11.5 Å². The van der Waals surface area contributed by atoms with Gasteiger partial charge < -0.3 is 19.4 Å². The van der Waals surface area contributed by atoms with Crippen LogP contribution < -0.4 is 26.0 Å². The first-order valence-electron chi connectivity index (χ1n) is 9.16. The number of ether oxygens (including phenoxy) is 2. The Bertz CT molecular complexity index is 1280. The third-order valence-electron chi connectivity index (χ3n) is 4.73. The number of hydrogen-bond donors (Lipinski definition) is 1. The summed E-state index contributed by atoms with van der Waals surface area (Å²) in [5.74, 6) is 1.000. The number of carbonyl (C=O) groups is 1. The average Bonchev–Trinajstić information content (AvgIpc) is 3.08. The molecule has 0 aliphatic heterocycles. The largest absolute Gasteiger partial charge is 0.495 e. The molecule has 10 nitrogen and oxygen atoms in total. The molecule has 3 aromatic rings. The van der Waals surface area contributed by atoms with Crippen LogP contribution in [-0.4, -0.2) is 44.6 Å². The fraction of sp³-hybridized carbons (Fsp3) is 0.368. The minimum atomic E-state index is -0.456. The van der Waals surface area contributed by atoms with Gasteiger partial charge in [-0.2, -0.15) is 0 Å². The normalized spacial score (nSPS) is 11.0. The Morgan fingerprint density at radius 3 is 2.42 bits per heavy atom. The first kappa shape index (κ1) is 22.8. The van der Waals surface area contributed by atoms with E-state index >= 15 is 0 Å². The van der Waals surface area contributed by atoms with Crippen LogP contribution in [-0.2, 0) is 25.9 Å². The van der Waals surface area contributed by atoms with Crippen molar-refractivity contribution >= 4 is 46.1 Å². The smallest absolute Gasteiger partial charge is 0.332 e. The average molecular weight is 468 g/mol. The number of amides is 1. The van der Waals surface area contributed by atoms with E-state index in [0.717, 1.165) is 4.57 Å². The lowest BCUT2D eigenvalue weighted by molar-refractivity contribution is -0.115. The van der Waals surface area contributed by atoms with Crippen LogP contribution in [0.25, 0.3) is 11.2 Å². The first-order chi connectivity index (χ1) is 14.7. The minimum absolute atomic E-state index is 0.179. The minimum Gasteiger partial charge on any atom is -0.495 e. The van der Waals surface area contributed by atoms with Gasteiger partial charge in [-0.3, -0.25) is 18.7 Å². The van der Waals surface area contributed by atoms with Gasteiger partial charge in [0.25, 0.3) is 5.56 Å². The van der Waals surface area contributed by atoms with Crippen LogP contribution in [0.1, 0.15) is 6.42 Å². The number of nitrogens with zero attached hydrogens (tertiary/aromatic N) is 4. The van der Waals surface area contributed by atoms with Crippen LogP contribution >= 0.6 is 23.4 Å². The summed E-state index contributed by atoms with van der Waals surface area (Å²) in [6.07, 6.45) is 0.179. The second kappa shape index (κ2) is 9.06. The van der Waals surface area contributed by atoms with Gasteiger partial charge in [-0.05, 0) is 0 Å². The standard InChI is InChI=1S/C19H22ClN5O5S/c1-23-16-15(17(27)25(3)19(28)24(16)2)22-18(23)31-7-6-14(26)21-11-9-12(29-4)10(20)8-13(11)30-5/h8-9H,6-7H2,1-5H3,(H,21,26). The van der Waals surface area contributed by atoms with Crippen LogP contribution in [0.15, 0.2) is 26.9 Å². The summed E-state index contributed by atoms with van der Waals surface area (Å²) in [6, 6.07) is 3.16. The summed E-state index contributed by atoms with van der Waals surface area (Å²) < 4.78 is 14.5. The van der Waals surface area contributed by atoms with Crippen molar-refractivity contribution in [1.82, 2.24) is 18.7 Å². The SMILES string of the molecule is COc1cc(NC(=O)CCSc2nc3c(=O)n(C)c(=O)n(C)c3n2C)c(OC)cc1Cl. The van der Waals surface area contributed by atoms with Crippen molar-refractivity contribution < 1.29 is 14.3 Å². The third-order valence-corrected chi connectivity index (χ3v) is 6.06. The van der Waals surface area contributed by atoms with E-state index in [4.69, 9.17) is 21.1 Å². The molecule has 31 heavy (non-hydrogen) atoms. The van der Waals surface area contributed by atoms with Gasteiger partial charge >= 0.3 is 5.69 Å². The molecule has 0 bridgehead atoms. The first-order valence-corrected chi connectivity index (χ1v) is 10.5. The highest BCUT2D eigenvalue weighted by Crippen LogP contribution is 2.36. The number of anilines is 1. The van der Waals surface area contributed by atoms with Gasteiger partial charge in [0.15, 0.2) is 16.3 Å². The zero-order chi connectivity index (χ0) is 22.9. The molecule has 0 atom stereocenters. The lowest BCUT2D eigenvalue weighted by Gasteiger charge is -2.13. The van der Waals surface area contributed by atoms with Gasteiger partial charge in [-0.25, -0.2) is 9.78 Å². The zero-order valence-electron chi connectivity index (χ0n) is 17.7. The molecule has 0 spiro atoms. The summed E-state index contributed by atoms with van der Waals surface area (Å²) in [4.78, 5) is 41.3. The summed E-state index contributed by atoms with van der Waals surface area (Å²) in [5, 5.41) is 3.69. The molecule has 0 radical (unpaired) electrons. The number of thioether (sulfide) groups is 1. The highest BCUT2D eigenvalue weighted by atomic mass is 35.5. The van der Waals surface area contributed by atoms with E-state index in [-0.39, 0.29) is 17.8 Å². The van der Waals surface area contributed by atoms with Gasteiger partial charge in [0.2, 0.25) is 5.91 Å². The number of methoxy groups -OCH3 is 2. The molecule has 1 aromatic carbocycles. The number of nitrogens with one attached hydrogen (secondary N) is 1. The van der Waals surface area contributed by atoms with Crippen molar-refractivity contribution in [3.05, 3.63) is 38.0 Å². The van der Waals surface area contributed by atoms with Crippen molar-refractivity contribution in [1.29, 1.82) is 0 Å². The van der Waals surface area contributed by atoms with E-state index in [0.29, 0.717) is 38.8 Å². The molecule has 0 saturated heterocycles. The lowest BCUT2D eigenvalue weighted by Crippen LogP contribution is -2.37. The van der Waals surface area contributed by atoms with E-state index < -0.39 is 11.2 Å². The quantitative estimate of drug-likeness (QED) is 0.527. The molecule has 12 heteroatoms. The second-order valence-corrected chi connectivity index (χ2v) is 8.13. The summed E-state index contributed by atoms with van der Waals surface area (Å²) >= 11 is 7.39. The molecule has 166 valence electrons. The molecule has 0 aliphatic carbocycles. The van der Waals surface area contributed by atoms with E-state index in [1.54, 1.807) is 30.8 Å². The van der Waals surface area contributed by atoms with Crippen molar-refractivity contribution in [3.63, 3.8) is 0 Å². The fourth-order valence-corrected chi connectivity index (χ4v) is 4.23. The highest BCUT2D eigenvalue weighted by Gasteiger charge is 2.18.